The standard InChI is InChI=1S/C32H23NO3/c1-19(34)29-28(21-10-3-2-4-11-21)32(30(35)24-13-7-8-14-25(24)31(32)36)27-18-16-23-22-12-6-5-9-20(22)15-17-26(23)33(27)29/h2-18,27-29H,1H3/t27-,28+,29+/m0/s1. The minimum absolute atomic E-state index is 0.0586. The molecule has 1 aliphatic carbocycles. The van der Waals surface area contributed by atoms with E-state index in [1.807, 2.05) is 60.7 Å². The molecule has 174 valence electrons. The van der Waals surface area contributed by atoms with Gasteiger partial charge in [0.05, 0.1) is 12.1 Å². The van der Waals surface area contributed by atoms with Crippen LogP contribution in [0.1, 0.15) is 44.7 Å². The average molecular weight is 470 g/mol. The number of hydrogen-bond acceptors (Lipinski definition) is 4. The molecule has 36 heavy (non-hydrogen) atoms. The molecule has 2 aliphatic heterocycles. The summed E-state index contributed by atoms with van der Waals surface area (Å²) in [4.78, 5) is 44.3. The molecule has 4 nitrogen and oxygen atoms in total. The fraction of sp³-hybridized carbons (Fsp3) is 0.156. The van der Waals surface area contributed by atoms with E-state index in [1.165, 1.54) is 0 Å². The summed E-state index contributed by atoms with van der Waals surface area (Å²) in [6, 6.07) is 27.7. The molecule has 1 fully saturated rings. The molecule has 7 rings (SSSR count). The van der Waals surface area contributed by atoms with Gasteiger partial charge >= 0.3 is 0 Å². The summed E-state index contributed by atoms with van der Waals surface area (Å²) in [6.45, 7) is 1.58. The van der Waals surface area contributed by atoms with Crippen LogP contribution in [0.15, 0.2) is 97.1 Å². The Balaban J connectivity index is 1.56. The quantitative estimate of drug-likeness (QED) is 0.345. The van der Waals surface area contributed by atoms with Gasteiger partial charge in [-0.05, 0) is 29.3 Å². The number of Topliss-reactive ketones (excluding diaryl/α,β-unsaturated/α-hetero) is 3. The van der Waals surface area contributed by atoms with Crippen molar-refractivity contribution in [2.45, 2.75) is 24.9 Å². The highest BCUT2D eigenvalue weighted by atomic mass is 16.2. The second-order valence-electron chi connectivity index (χ2n) is 9.95. The summed E-state index contributed by atoms with van der Waals surface area (Å²) >= 11 is 0. The van der Waals surface area contributed by atoms with E-state index in [0.717, 1.165) is 27.6 Å². The van der Waals surface area contributed by atoms with Crippen molar-refractivity contribution >= 4 is 39.9 Å². The van der Waals surface area contributed by atoms with Gasteiger partial charge in [-0.1, -0.05) is 97.1 Å². The number of ketones is 3. The van der Waals surface area contributed by atoms with Gasteiger partial charge in [0.1, 0.15) is 5.41 Å². The van der Waals surface area contributed by atoms with Crippen molar-refractivity contribution in [3.8, 4) is 0 Å². The molecular formula is C32H23NO3. The van der Waals surface area contributed by atoms with Crippen LogP contribution in [0.3, 0.4) is 0 Å². The zero-order valence-electron chi connectivity index (χ0n) is 19.7. The second kappa shape index (κ2) is 7.34. The fourth-order valence-corrected chi connectivity index (χ4v) is 6.92. The maximum absolute atomic E-state index is 14.4. The first-order valence-corrected chi connectivity index (χ1v) is 12.3. The van der Waals surface area contributed by atoms with Crippen molar-refractivity contribution in [3.63, 3.8) is 0 Å². The third kappa shape index (κ3) is 2.46. The summed E-state index contributed by atoms with van der Waals surface area (Å²) in [5, 5.41) is 2.18. The van der Waals surface area contributed by atoms with Crippen molar-refractivity contribution in [2.75, 3.05) is 4.90 Å². The summed E-state index contributed by atoms with van der Waals surface area (Å²) in [7, 11) is 0. The molecule has 0 radical (unpaired) electrons. The Labute approximate surface area is 208 Å². The Morgan fingerprint density at radius 3 is 2.11 bits per heavy atom. The number of carbonyl (C=O) groups is 3. The average Bonchev–Trinajstić information content (AvgIpc) is 3.35. The van der Waals surface area contributed by atoms with E-state index in [0.29, 0.717) is 11.1 Å². The van der Waals surface area contributed by atoms with Crippen LogP contribution < -0.4 is 4.90 Å². The third-order valence-electron chi connectivity index (χ3n) is 8.29. The Bertz CT molecular complexity index is 1600. The number of carbonyl (C=O) groups excluding carboxylic acids is 3. The Hall–Kier alpha value is -4.31. The number of hydrogen-bond donors (Lipinski definition) is 0. The van der Waals surface area contributed by atoms with E-state index in [-0.39, 0.29) is 17.3 Å². The Morgan fingerprint density at radius 1 is 0.778 bits per heavy atom. The van der Waals surface area contributed by atoms with Gasteiger partial charge in [0, 0.05) is 28.3 Å². The maximum atomic E-state index is 14.4. The van der Waals surface area contributed by atoms with E-state index >= 15 is 0 Å². The highest BCUT2D eigenvalue weighted by molar-refractivity contribution is 6.32. The van der Waals surface area contributed by atoms with Crippen LogP contribution >= 0.6 is 0 Å². The Morgan fingerprint density at radius 2 is 1.42 bits per heavy atom. The third-order valence-corrected chi connectivity index (χ3v) is 8.29. The largest absolute Gasteiger partial charge is 0.352 e. The topological polar surface area (TPSA) is 54.5 Å². The molecule has 0 saturated carbocycles. The first-order valence-electron chi connectivity index (χ1n) is 12.3. The molecule has 0 aromatic heterocycles. The summed E-state index contributed by atoms with van der Waals surface area (Å²) in [5.74, 6) is -1.05. The van der Waals surface area contributed by atoms with Crippen LogP contribution in [0.2, 0.25) is 0 Å². The van der Waals surface area contributed by atoms with Crippen LogP contribution in [0.4, 0.5) is 5.69 Å². The molecule has 1 spiro atoms. The van der Waals surface area contributed by atoms with Crippen molar-refractivity contribution in [1.29, 1.82) is 0 Å². The second-order valence-corrected chi connectivity index (χ2v) is 9.95. The Kier molecular flexibility index (Phi) is 4.29. The van der Waals surface area contributed by atoms with Crippen LogP contribution in [0, 0.1) is 5.41 Å². The molecule has 2 heterocycles. The fourth-order valence-electron chi connectivity index (χ4n) is 6.92. The predicted molar refractivity (Wildman–Crippen MR) is 140 cm³/mol. The summed E-state index contributed by atoms with van der Waals surface area (Å²) in [5.41, 5.74) is 2.21. The lowest BCUT2D eigenvalue weighted by Gasteiger charge is -2.37. The van der Waals surface area contributed by atoms with Gasteiger partial charge in [0.15, 0.2) is 17.3 Å². The van der Waals surface area contributed by atoms with Gasteiger partial charge in [0.25, 0.3) is 0 Å². The van der Waals surface area contributed by atoms with E-state index in [1.54, 1.807) is 31.2 Å². The molecule has 0 N–H and O–H groups in total. The van der Waals surface area contributed by atoms with Crippen molar-refractivity contribution in [1.82, 2.24) is 0 Å². The van der Waals surface area contributed by atoms with E-state index in [9.17, 15) is 14.4 Å². The summed E-state index contributed by atoms with van der Waals surface area (Å²) < 4.78 is 0. The first-order chi connectivity index (χ1) is 17.5. The van der Waals surface area contributed by atoms with E-state index in [2.05, 4.69) is 23.1 Å². The van der Waals surface area contributed by atoms with E-state index < -0.39 is 23.4 Å². The number of anilines is 1. The van der Waals surface area contributed by atoms with Crippen LogP contribution in [0.5, 0.6) is 0 Å². The number of rotatable bonds is 2. The minimum atomic E-state index is -1.42. The van der Waals surface area contributed by atoms with E-state index in [4.69, 9.17) is 0 Å². The van der Waals surface area contributed by atoms with Crippen molar-refractivity contribution < 1.29 is 14.4 Å². The highest BCUT2D eigenvalue weighted by Crippen LogP contribution is 2.60. The molecule has 4 aromatic carbocycles. The van der Waals surface area contributed by atoms with Crippen LogP contribution in [-0.2, 0) is 4.79 Å². The van der Waals surface area contributed by atoms with Gasteiger partial charge in [-0.25, -0.2) is 0 Å². The SMILES string of the molecule is CC(=O)[C@@H]1[C@@H](c2ccccc2)C2(C(=O)c3ccccc3C2=O)[C@@H]2C=Cc3c(ccc4ccccc34)N12. The van der Waals surface area contributed by atoms with Gasteiger partial charge in [0.2, 0.25) is 0 Å². The molecule has 0 unspecified atom stereocenters. The number of benzene rings is 4. The number of nitrogens with zero attached hydrogens (tertiary/aromatic N) is 1. The number of fused-ring (bicyclic) bond motifs is 7. The molecule has 3 atom stereocenters. The molecule has 1 saturated heterocycles. The van der Waals surface area contributed by atoms with Gasteiger partial charge in [-0.2, -0.15) is 0 Å². The molecule has 0 amide bonds. The lowest BCUT2D eigenvalue weighted by atomic mass is 9.64. The smallest absolute Gasteiger partial charge is 0.180 e. The highest BCUT2D eigenvalue weighted by Gasteiger charge is 2.71. The maximum Gasteiger partial charge on any atom is 0.180 e. The van der Waals surface area contributed by atoms with Crippen molar-refractivity contribution in [3.05, 3.63) is 119 Å². The molecule has 0 bridgehead atoms. The zero-order chi connectivity index (χ0) is 24.6. The molecular weight excluding hydrogens is 446 g/mol. The van der Waals surface area contributed by atoms with Gasteiger partial charge < -0.3 is 4.90 Å². The monoisotopic (exact) mass is 469 g/mol. The first kappa shape index (κ1) is 21.0. The lowest BCUT2D eigenvalue weighted by Crippen LogP contribution is -2.48. The predicted octanol–water partition coefficient (Wildman–Crippen LogP) is 5.86. The van der Waals surface area contributed by atoms with Gasteiger partial charge in [-0.3, -0.25) is 14.4 Å². The van der Waals surface area contributed by atoms with Crippen molar-refractivity contribution in [2.24, 2.45) is 5.41 Å². The normalized spacial score (nSPS) is 23.1. The van der Waals surface area contributed by atoms with Gasteiger partial charge in [-0.15, -0.1) is 0 Å². The zero-order valence-corrected chi connectivity index (χ0v) is 19.7. The summed E-state index contributed by atoms with van der Waals surface area (Å²) in [6.07, 6.45) is 4.02. The van der Waals surface area contributed by atoms with Crippen LogP contribution in [0.25, 0.3) is 16.8 Å². The lowest BCUT2D eigenvalue weighted by molar-refractivity contribution is -0.118. The molecule has 4 aromatic rings. The minimum Gasteiger partial charge on any atom is -0.352 e. The molecule has 4 heteroatoms. The van der Waals surface area contributed by atoms with Crippen LogP contribution in [-0.4, -0.2) is 29.4 Å². The molecule has 3 aliphatic rings.